The number of hydrogen-bond acceptors (Lipinski definition) is 7. The Morgan fingerprint density at radius 3 is 3.12 bits per heavy atom. The van der Waals surface area contributed by atoms with Crippen molar-refractivity contribution in [1.82, 2.24) is 9.97 Å². The maximum atomic E-state index is 11.8. The van der Waals surface area contributed by atoms with Crippen LogP contribution >= 0.6 is 0 Å². The Bertz CT molecular complexity index is 897. The summed E-state index contributed by atoms with van der Waals surface area (Å²) in [5.41, 5.74) is -0.408. The van der Waals surface area contributed by atoms with E-state index in [0.717, 1.165) is 0 Å². The number of aliphatic carboxylic acids is 1. The van der Waals surface area contributed by atoms with Crippen molar-refractivity contribution < 1.29 is 19.4 Å². The van der Waals surface area contributed by atoms with E-state index in [1.807, 2.05) is 4.90 Å². The number of carboxylic acid groups (broad SMARTS) is 1. The summed E-state index contributed by atoms with van der Waals surface area (Å²) in [6.45, 7) is 1.47. The van der Waals surface area contributed by atoms with Gasteiger partial charge in [0.25, 0.3) is 0 Å². The van der Waals surface area contributed by atoms with Gasteiger partial charge in [0.2, 0.25) is 11.8 Å². The number of rotatable bonds is 4. The molecule has 0 unspecified atom stereocenters. The van der Waals surface area contributed by atoms with E-state index in [1.165, 1.54) is 0 Å². The Morgan fingerprint density at radius 1 is 1.46 bits per heavy atom. The average molecular weight is 352 g/mol. The van der Waals surface area contributed by atoms with Gasteiger partial charge in [-0.05, 0) is 18.2 Å². The van der Waals surface area contributed by atoms with Crippen molar-refractivity contribution in [3.8, 4) is 17.7 Å². The topological polar surface area (TPSA) is 109 Å². The first kappa shape index (κ1) is 16.3. The molecule has 2 fully saturated rings. The maximum Gasteiger partial charge on any atom is 0.314 e. The number of benzene rings is 1. The smallest absolute Gasteiger partial charge is 0.314 e. The number of aromatic nitrogens is 2. The van der Waals surface area contributed by atoms with Crippen molar-refractivity contribution in [3.05, 3.63) is 42.1 Å². The Balaban J connectivity index is 1.55. The van der Waals surface area contributed by atoms with Crippen LogP contribution in [0.2, 0.25) is 0 Å². The molecule has 0 aliphatic carbocycles. The first-order valence-corrected chi connectivity index (χ1v) is 8.18. The number of anilines is 1. The summed E-state index contributed by atoms with van der Waals surface area (Å²) in [4.78, 5) is 22.3. The maximum absolute atomic E-state index is 11.8. The number of nitriles is 1. The summed E-state index contributed by atoms with van der Waals surface area (Å²) in [7, 11) is 0. The highest BCUT2D eigenvalue weighted by Gasteiger charge is 2.56. The van der Waals surface area contributed by atoms with E-state index in [1.54, 1.807) is 36.5 Å². The van der Waals surface area contributed by atoms with Gasteiger partial charge in [-0.3, -0.25) is 4.79 Å². The molecule has 2 atom stereocenters. The normalized spacial score (nSPS) is 24.1. The van der Waals surface area contributed by atoms with Crippen molar-refractivity contribution in [2.24, 2.45) is 11.3 Å². The van der Waals surface area contributed by atoms with Crippen LogP contribution in [0.3, 0.4) is 0 Å². The molecule has 0 spiro atoms. The summed E-state index contributed by atoms with van der Waals surface area (Å²) in [5, 5.41) is 18.6. The van der Waals surface area contributed by atoms with Gasteiger partial charge in [0.15, 0.2) is 0 Å². The van der Waals surface area contributed by atoms with Crippen LogP contribution in [0.5, 0.6) is 11.6 Å². The predicted octanol–water partition coefficient (Wildman–Crippen LogP) is 1.68. The van der Waals surface area contributed by atoms with Gasteiger partial charge in [0.1, 0.15) is 11.2 Å². The molecule has 4 rings (SSSR count). The van der Waals surface area contributed by atoms with Crippen LogP contribution in [-0.4, -0.2) is 47.3 Å². The van der Waals surface area contributed by atoms with E-state index >= 15 is 0 Å². The zero-order valence-corrected chi connectivity index (χ0v) is 13.8. The van der Waals surface area contributed by atoms with Crippen molar-refractivity contribution in [1.29, 1.82) is 5.26 Å². The molecule has 1 aromatic heterocycles. The average Bonchev–Trinajstić information content (AvgIpc) is 3.21. The fourth-order valence-corrected chi connectivity index (χ4v) is 3.48. The molecular formula is C18H16N4O4. The van der Waals surface area contributed by atoms with Crippen LogP contribution in [0, 0.1) is 22.7 Å². The van der Waals surface area contributed by atoms with Gasteiger partial charge in [-0.15, -0.1) is 0 Å². The number of carbonyl (C=O) groups is 1. The number of nitrogens with zero attached hydrogens (tertiary/aromatic N) is 4. The SMILES string of the molecule is N#Cc1cccc(Oc2ccnc(N3C[C@@H]4COC[C@]4(C(=O)O)C3)n2)c1. The van der Waals surface area contributed by atoms with E-state index in [0.29, 0.717) is 42.8 Å². The number of hydrogen-bond donors (Lipinski definition) is 1. The zero-order valence-electron chi connectivity index (χ0n) is 13.8. The number of fused-ring (bicyclic) bond motifs is 1. The van der Waals surface area contributed by atoms with Crippen LogP contribution in [0.4, 0.5) is 5.95 Å². The zero-order chi connectivity index (χ0) is 18.1. The lowest BCUT2D eigenvalue weighted by molar-refractivity contribution is -0.149. The third-order valence-corrected chi connectivity index (χ3v) is 4.89. The molecule has 1 N–H and O–H groups in total. The van der Waals surface area contributed by atoms with Gasteiger partial charge in [-0.1, -0.05) is 6.07 Å². The quantitative estimate of drug-likeness (QED) is 0.885. The summed E-state index contributed by atoms with van der Waals surface area (Å²) in [6.07, 6.45) is 1.57. The monoisotopic (exact) mass is 352 g/mol. The van der Waals surface area contributed by atoms with Gasteiger partial charge in [0, 0.05) is 31.3 Å². The Hall–Kier alpha value is -3.18. The minimum absolute atomic E-state index is 0.0829. The van der Waals surface area contributed by atoms with Gasteiger partial charge in [-0.2, -0.15) is 10.2 Å². The van der Waals surface area contributed by atoms with Crippen molar-refractivity contribution in [3.63, 3.8) is 0 Å². The first-order chi connectivity index (χ1) is 12.6. The Labute approximate surface area is 149 Å². The molecule has 1 aromatic carbocycles. The third kappa shape index (κ3) is 2.72. The van der Waals surface area contributed by atoms with Crippen molar-refractivity contribution in [2.45, 2.75) is 0 Å². The first-order valence-electron chi connectivity index (χ1n) is 8.18. The van der Waals surface area contributed by atoms with Gasteiger partial charge >= 0.3 is 5.97 Å². The van der Waals surface area contributed by atoms with E-state index in [9.17, 15) is 9.90 Å². The standard InChI is InChI=1S/C18H16N4O4/c19-7-12-2-1-3-14(6-12)26-15-4-5-20-17(21-15)22-8-13-9-25-11-18(13,10-22)16(23)24/h1-6,13H,8-11H2,(H,23,24)/t13-,18-/m1/s1. The second-order valence-electron chi connectivity index (χ2n) is 6.49. The van der Waals surface area contributed by atoms with Crippen LogP contribution in [0.25, 0.3) is 0 Å². The van der Waals surface area contributed by atoms with Gasteiger partial charge in [0.05, 0.1) is 24.8 Å². The molecule has 8 nitrogen and oxygen atoms in total. The molecule has 2 aliphatic rings. The number of ether oxygens (including phenoxy) is 2. The summed E-state index contributed by atoms with van der Waals surface area (Å²) >= 11 is 0. The van der Waals surface area contributed by atoms with E-state index in [4.69, 9.17) is 14.7 Å². The summed E-state index contributed by atoms with van der Waals surface area (Å²) < 4.78 is 11.1. The molecule has 0 amide bonds. The summed E-state index contributed by atoms with van der Waals surface area (Å²) in [5.74, 6) is 0.336. The van der Waals surface area contributed by atoms with Crippen LogP contribution in [0.1, 0.15) is 5.56 Å². The van der Waals surface area contributed by atoms with Crippen molar-refractivity contribution in [2.75, 3.05) is 31.2 Å². The fourth-order valence-electron chi connectivity index (χ4n) is 3.48. The highest BCUT2D eigenvalue weighted by Crippen LogP contribution is 2.42. The molecule has 3 heterocycles. The molecular weight excluding hydrogens is 336 g/mol. The second-order valence-corrected chi connectivity index (χ2v) is 6.49. The highest BCUT2D eigenvalue weighted by atomic mass is 16.5. The molecule has 0 bridgehead atoms. The van der Waals surface area contributed by atoms with E-state index < -0.39 is 11.4 Å². The molecule has 26 heavy (non-hydrogen) atoms. The largest absolute Gasteiger partial charge is 0.481 e. The number of carboxylic acids is 1. The van der Waals surface area contributed by atoms with E-state index in [2.05, 4.69) is 16.0 Å². The lowest BCUT2D eigenvalue weighted by atomic mass is 9.81. The Morgan fingerprint density at radius 2 is 2.35 bits per heavy atom. The molecule has 2 aromatic rings. The van der Waals surface area contributed by atoms with Crippen LogP contribution in [-0.2, 0) is 9.53 Å². The van der Waals surface area contributed by atoms with Crippen molar-refractivity contribution >= 4 is 11.9 Å². The molecule has 8 heteroatoms. The lowest BCUT2D eigenvalue weighted by Crippen LogP contribution is -2.39. The predicted molar refractivity (Wildman–Crippen MR) is 89.9 cm³/mol. The van der Waals surface area contributed by atoms with Crippen LogP contribution in [0.15, 0.2) is 36.5 Å². The fraction of sp³-hybridized carbons (Fsp3) is 0.333. The molecule has 132 valence electrons. The molecule has 2 aliphatic heterocycles. The lowest BCUT2D eigenvalue weighted by Gasteiger charge is -2.22. The third-order valence-electron chi connectivity index (χ3n) is 4.89. The van der Waals surface area contributed by atoms with Gasteiger partial charge in [-0.25, -0.2) is 4.98 Å². The van der Waals surface area contributed by atoms with Crippen LogP contribution < -0.4 is 9.64 Å². The minimum atomic E-state index is -0.901. The molecule has 2 saturated heterocycles. The second kappa shape index (κ2) is 6.28. The Kier molecular flexibility index (Phi) is 3.93. The highest BCUT2D eigenvalue weighted by molar-refractivity contribution is 5.77. The molecule has 0 saturated carbocycles. The van der Waals surface area contributed by atoms with Gasteiger partial charge < -0.3 is 19.5 Å². The minimum Gasteiger partial charge on any atom is -0.481 e. The van der Waals surface area contributed by atoms with E-state index in [-0.39, 0.29) is 12.5 Å². The summed E-state index contributed by atoms with van der Waals surface area (Å²) in [6, 6.07) is 10.5. The molecule has 0 radical (unpaired) electrons.